The van der Waals surface area contributed by atoms with E-state index in [2.05, 4.69) is 15.5 Å². The molecule has 1 saturated heterocycles. The Morgan fingerprint density at radius 1 is 1.20 bits per heavy atom. The second kappa shape index (κ2) is 11.9. The molecule has 1 aliphatic heterocycles. The van der Waals surface area contributed by atoms with Crippen molar-refractivity contribution in [3.05, 3.63) is 0 Å². The molecule has 0 spiro atoms. The van der Waals surface area contributed by atoms with E-state index in [1.807, 2.05) is 13.8 Å². The van der Waals surface area contributed by atoms with Gasteiger partial charge < -0.3 is 15.4 Å². The van der Waals surface area contributed by atoms with Crippen LogP contribution in [0.3, 0.4) is 0 Å². The fourth-order valence-electron chi connectivity index (χ4n) is 1.47. The molecule has 0 radical (unpaired) electrons. The predicted octanol–water partition coefficient (Wildman–Crippen LogP) is 0.154. The van der Waals surface area contributed by atoms with E-state index < -0.39 is 0 Å². The third kappa shape index (κ3) is 8.81. The summed E-state index contributed by atoms with van der Waals surface area (Å²) in [6, 6.07) is 0. The van der Waals surface area contributed by atoms with Gasteiger partial charge in [-0.15, -0.1) is 0 Å². The Bertz CT molecular complexity index is 116. The van der Waals surface area contributed by atoms with Gasteiger partial charge in [-0.1, -0.05) is 13.8 Å². The Kier molecular flexibility index (Phi) is 11.8. The number of nitrogens with zero attached hydrogens (tertiary/aromatic N) is 1. The van der Waals surface area contributed by atoms with Crippen LogP contribution < -0.4 is 10.6 Å². The van der Waals surface area contributed by atoms with Crippen LogP contribution >= 0.6 is 0 Å². The molecule has 0 saturated carbocycles. The van der Waals surface area contributed by atoms with Crippen molar-refractivity contribution in [1.29, 1.82) is 0 Å². The molecule has 4 heteroatoms. The van der Waals surface area contributed by atoms with Crippen LogP contribution in [0, 0.1) is 0 Å². The van der Waals surface area contributed by atoms with Crippen LogP contribution in [0.1, 0.15) is 13.8 Å². The van der Waals surface area contributed by atoms with Gasteiger partial charge in [-0.25, -0.2) is 0 Å². The van der Waals surface area contributed by atoms with E-state index >= 15 is 0 Å². The van der Waals surface area contributed by atoms with Crippen LogP contribution in [-0.4, -0.2) is 64.4 Å². The Balaban J connectivity index is 0.000000921. The van der Waals surface area contributed by atoms with Gasteiger partial charge in [0.15, 0.2) is 0 Å². The molecular formula is C11H27N3O. The van der Waals surface area contributed by atoms with Crippen LogP contribution in [0.2, 0.25) is 0 Å². The van der Waals surface area contributed by atoms with Gasteiger partial charge in [0, 0.05) is 52.9 Å². The van der Waals surface area contributed by atoms with Gasteiger partial charge in [-0.2, -0.15) is 0 Å². The number of piperazine rings is 1. The van der Waals surface area contributed by atoms with E-state index in [0.717, 1.165) is 39.3 Å². The monoisotopic (exact) mass is 217 g/mol. The molecule has 2 N–H and O–H groups in total. The Morgan fingerprint density at radius 3 is 2.47 bits per heavy atom. The molecule has 0 aromatic rings. The molecule has 4 nitrogen and oxygen atoms in total. The van der Waals surface area contributed by atoms with Gasteiger partial charge in [0.1, 0.15) is 0 Å². The van der Waals surface area contributed by atoms with Crippen molar-refractivity contribution in [2.45, 2.75) is 13.8 Å². The average Bonchev–Trinajstić information content (AvgIpc) is 2.33. The van der Waals surface area contributed by atoms with Crippen molar-refractivity contribution in [3.63, 3.8) is 0 Å². The van der Waals surface area contributed by atoms with E-state index in [9.17, 15) is 0 Å². The lowest BCUT2D eigenvalue weighted by atomic mass is 10.3. The standard InChI is InChI=1S/C9H21N3O.C2H6/c1-13-9-5-11-4-8-12-6-2-10-3-7-12;1-2/h10-11H,2-9H2,1H3;1-2H3. The summed E-state index contributed by atoms with van der Waals surface area (Å²) in [5.41, 5.74) is 0. The Labute approximate surface area is 94.4 Å². The van der Waals surface area contributed by atoms with Crippen molar-refractivity contribution in [2.75, 3.05) is 59.5 Å². The van der Waals surface area contributed by atoms with Crippen molar-refractivity contribution >= 4 is 0 Å². The molecule has 0 atom stereocenters. The number of rotatable bonds is 6. The zero-order valence-electron chi connectivity index (χ0n) is 10.5. The molecule has 0 bridgehead atoms. The lowest BCUT2D eigenvalue weighted by Crippen LogP contribution is -2.45. The summed E-state index contributed by atoms with van der Waals surface area (Å²) < 4.78 is 4.95. The first-order valence-corrected chi connectivity index (χ1v) is 6.06. The summed E-state index contributed by atoms with van der Waals surface area (Å²) in [6.07, 6.45) is 0. The maximum Gasteiger partial charge on any atom is 0.0587 e. The summed E-state index contributed by atoms with van der Waals surface area (Å²) in [5, 5.41) is 6.69. The van der Waals surface area contributed by atoms with Crippen LogP contribution in [0.5, 0.6) is 0 Å². The molecule has 92 valence electrons. The zero-order valence-corrected chi connectivity index (χ0v) is 10.5. The SMILES string of the molecule is CC.COCCNCCN1CCNCC1. The lowest BCUT2D eigenvalue weighted by Gasteiger charge is -2.27. The number of nitrogens with one attached hydrogen (secondary N) is 2. The Morgan fingerprint density at radius 2 is 1.87 bits per heavy atom. The summed E-state index contributed by atoms with van der Waals surface area (Å²) >= 11 is 0. The maximum absolute atomic E-state index is 4.95. The fourth-order valence-corrected chi connectivity index (χ4v) is 1.47. The molecule has 0 unspecified atom stereocenters. The molecule has 15 heavy (non-hydrogen) atoms. The fraction of sp³-hybridized carbons (Fsp3) is 1.00. The van der Waals surface area contributed by atoms with Gasteiger partial charge in [0.2, 0.25) is 0 Å². The first-order chi connectivity index (χ1) is 7.43. The van der Waals surface area contributed by atoms with Crippen molar-refractivity contribution in [2.24, 2.45) is 0 Å². The highest BCUT2D eigenvalue weighted by Gasteiger charge is 2.07. The van der Waals surface area contributed by atoms with Crippen molar-refractivity contribution in [3.8, 4) is 0 Å². The molecule has 0 aromatic carbocycles. The van der Waals surface area contributed by atoms with Gasteiger partial charge in [-0.3, -0.25) is 4.90 Å². The largest absolute Gasteiger partial charge is 0.383 e. The first kappa shape index (κ1) is 14.8. The summed E-state index contributed by atoms with van der Waals surface area (Å²) in [7, 11) is 1.73. The predicted molar refractivity (Wildman–Crippen MR) is 65.4 cm³/mol. The minimum Gasteiger partial charge on any atom is -0.383 e. The summed E-state index contributed by atoms with van der Waals surface area (Å²) in [5.74, 6) is 0. The summed E-state index contributed by atoms with van der Waals surface area (Å²) in [6.45, 7) is 12.6. The molecule has 0 aromatic heterocycles. The van der Waals surface area contributed by atoms with Crippen LogP contribution in [0.25, 0.3) is 0 Å². The minimum atomic E-state index is 0.807. The molecule has 0 amide bonds. The third-order valence-electron chi connectivity index (χ3n) is 2.30. The van der Waals surface area contributed by atoms with Crippen LogP contribution in [0.4, 0.5) is 0 Å². The second-order valence-electron chi connectivity index (χ2n) is 3.33. The van der Waals surface area contributed by atoms with Crippen LogP contribution in [-0.2, 0) is 4.74 Å². The molecule has 1 heterocycles. The Hall–Kier alpha value is -0.160. The van der Waals surface area contributed by atoms with E-state index in [1.54, 1.807) is 7.11 Å². The first-order valence-electron chi connectivity index (χ1n) is 6.06. The van der Waals surface area contributed by atoms with Gasteiger partial charge in [-0.05, 0) is 0 Å². The van der Waals surface area contributed by atoms with Crippen LogP contribution in [0.15, 0.2) is 0 Å². The number of hydrogen-bond acceptors (Lipinski definition) is 4. The van der Waals surface area contributed by atoms with E-state index in [1.165, 1.54) is 13.1 Å². The minimum absolute atomic E-state index is 0.807. The van der Waals surface area contributed by atoms with E-state index in [0.29, 0.717) is 0 Å². The molecular weight excluding hydrogens is 190 g/mol. The molecule has 0 aliphatic carbocycles. The molecule has 1 fully saturated rings. The zero-order chi connectivity index (χ0) is 11.4. The average molecular weight is 217 g/mol. The summed E-state index contributed by atoms with van der Waals surface area (Å²) in [4.78, 5) is 2.48. The highest BCUT2D eigenvalue weighted by molar-refractivity contribution is 4.67. The quantitative estimate of drug-likeness (QED) is 0.621. The normalized spacial score (nSPS) is 17.0. The highest BCUT2D eigenvalue weighted by Crippen LogP contribution is 1.89. The van der Waals surface area contributed by atoms with Gasteiger partial charge in [0.25, 0.3) is 0 Å². The topological polar surface area (TPSA) is 36.5 Å². The number of methoxy groups -OCH3 is 1. The van der Waals surface area contributed by atoms with Crippen molar-refractivity contribution < 1.29 is 4.74 Å². The number of hydrogen-bond donors (Lipinski definition) is 2. The van der Waals surface area contributed by atoms with Crippen molar-refractivity contribution in [1.82, 2.24) is 15.5 Å². The van der Waals surface area contributed by atoms with Gasteiger partial charge in [0.05, 0.1) is 6.61 Å². The van der Waals surface area contributed by atoms with Gasteiger partial charge >= 0.3 is 0 Å². The smallest absolute Gasteiger partial charge is 0.0587 e. The second-order valence-corrected chi connectivity index (χ2v) is 3.33. The van der Waals surface area contributed by atoms with E-state index in [-0.39, 0.29) is 0 Å². The van der Waals surface area contributed by atoms with E-state index in [4.69, 9.17) is 4.74 Å². The number of ether oxygens (including phenoxy) is 1. The molecule has 1 rings (SSSR count). The maximum atomic E-state index is 4.95. The highest BCUT2D eigenvalue weighted by atomic mass is 16.5. The lowest BCUT2D eigenvalue weighted by molar-refractivity contribution is 0.194. The molecule has 1 aliphatic rings. The third-order valence-corrected chi connectivity index (χ3v) is 2.30.